The molecule has 2 amide bonds. The Labute approximate surface area is 200 Å². The van der Waals surface area contributed by atoms with Gasteiger partial charge in [-0.15, -0.1) is 0 Å². The van der Waals surface area contributed by atoms with Gasteiger partial charge in [-0.25, -0.2) is 0 Å². The Kier molecular flexibility index (Phi) is 7.43. The van der Waals surface area contributed by atoms with E-state index in [2.05, 4.69) is 26.6 Å². The fourth-order valence-electron chi connectivity index (χ4n) is 2.83. The molecule has 3 aromatic rings. The Bertz CT molecular complexity index is 1130. The summed E-state index contributed by atoms with van der Waals surface area (Å²) in [6, 6.07) is 18.9. The topological polar surface area (TPSA) is 76.7 Å². The number of carbonyl (C=O) groups excluding carboxylic acids is 2. The number of amides is 2. The lowest BCUT2D eigenvalue weighted by molar-refractivity contribution is -0.128. The molecule has 2 N–H and O–H groups in total. The molecule has 0 aliphatic heterocycles. The summed E-state index contributed by atoms with van der Waals surface area (Å²) in [5.74, 6) is 0.253. The maximum absolute atomic E-state index is 12.8. The quantitative estimate of drug-likeness (QED) is 0.393. The van der Waals surface area contributed by atoms with Gasteiger partial charge in [0.15, 0.2) is 5.60 Å². The normalized spacial score (nSPS) is 10.9. The smallest absolute Gasteiger partial charge is 0.267 e. The molecule has 8 heteroatoms. The van der Waals surface area contributed by atoms with Crippen LogP contribution in [0.25, 0.3) is 0 Å². The lowest BCUT2D eigenvalue weighted by Gasteiger charge is -2.25. The van der Waals surface area contributed by atoms with Crippen molar-refractivity contribution in [3.8, 4) is 11.5 Å². The minimum Gasteiger partial charge on any atom is -0.494 e. The Morgan fingerprint density at radius 3 is 2.31 bits per heavy atom. The summed E-state index contributed by atoms with van der Waals surface area (Å²) < 4.78 is 12.2. The van der Waals surface area contributed by atoms with Gasteiger partial charge in [0.2, 0.25) is 0 Å². The number of ether oxygens (including phenoxy) is 2. The molecule has 0 spiro atoms. The minimum atomic E-state index is -1.13. The van der Waals surface area contributed by atoms with Crippen LogP contribution in [0.4, 0.5) is 11.4 Å². The molecule has 0 fully saturated rings. The molecule has 0 saturated carbocycles. The molecular weight excluding hydrogens is 496 g/mol. The molecule has 0 saturated heterocycles. The van der Waals surface area contributed by atoms with E-state index in [0.29, 0.717) is 33.5 Å². The summed E-state index contributed by atoms with van der Waals surface area (Å²) in [4.78, 5) is 25.4. The van der Waals surface area contributed by atoms with Gasteiger partial charge in [0.1, 0.15) is 11.5 Å². The molecular formula is C24H22BrClN2O4. The van der Waals surface area contributed by atoms with Gasteiger partial charge in [0, 0.05) is 16.2 Å². The second kappa shape index (κ2) is 10.1. The van der Waals surface area contributed by atoms with Crippen molar-refractivity contribution >= 4 is 50.7 Å². The number of anilines is 2. The van der Waals surface area contributed by atoms with Crippen LogP contribution in [0, 0.1) is 0 Å². The van der Waals surface area contributed by atoms with Crippen molar-refractivity contribution in [3.63, 3.8) is 0 Å². The number of halogens is 2. The number of benzene rings is 3. The highest BCUT2D eigenvalue weighted by molar-refractivity contribution is 9.10. The van der Waals surface area contributed by atoms with Gasteiger partial charge in [-0.3, -0.25) is 9.59 Å². The number of nitrogens with one attached hydrogen (secondary N) is 2. The van der Waals surface area contributed by atoms with Gasteiger partial charge < -0.3 is 20.1 Å². The van der Waals surface area contributed by atoms with E-state index in [4.69, 9.17) is 21.1 Å². The zero-order chi connectivity index (χ0) is 23.3. The van der Waals surface area contributed by atoms with Crippen LogP contribution in [0.5, 0.6) is 11.5 Å². The highest BCUT2D eigenvalue weighted by Crippen LogP contribution is 2.30. The number of hydrogen-bond acceptors (Lipinski definition) is 4. The van der Waals surface area contributed by atoms with E-state index >= 15 is 0 Å². The highest BCUT2D eigenvalue weighted by Gasteiger charge is 2.30. The van der Waals surface area contributed by atoms with Crippen LogP contribution in [-0.2, 0) is 4.79 Å². The maximum atomic E-state index is 12.8. The summed E-state index contributed by atoms with van der Waals surface area (Å²) in [6.45, 7) is 3.36. The minimum absolute atomic E-state index is 0.338. The number of carbonyl (C=O) groups is 2. The first kappa shape index (κ1) is 23.6. The number of hydrogen-bond donors (Lipinski definition) is 2. The van der Waals surface area contributed by atoms with E-state index in [1.807, 2.05) is 12.1 Å². The van der Waals surface area contributed by atoms with Crippen LogP contribution in [0.1, 0.15) is 24.2 Å². The molecule has 0 aromatic heterocycles. The van der Waals surface area contributed by atoms with Crippen molar-refractivity contribution in [1.82, 2.24) is 0 Å². The van der Waals surface area contributed by atoms with Crippen molar-refractivity contribution in [2.24, 2.45) is 0 Å². The van der Waals surface area contributed by atoms with Crippen molar-refractivity contribution in [3.05, 3.63) is 81.8 Å². The summed E-state index contributed by atoms with van der Waals surface area (Å²) in [5.41, 5.74) is 0.161. The molecule has 0 heterocycles. The van der Waals surface area contributed by atoms with Crippen molar-refractivity contribution < 1.29 is 19.1 Å². The SMILES string of the molecule is COc1cc(NC(=O)C(C)(C)Oc2ccc(Br)cc2)ccc1NC(=O)c1ccccc1Cl. The van der Waals surface area contributed by atoms with E-state index in [1.165, 1.54) is 7.11 Å². The Hall–Kier alpha value is -3.03. The average molecular weight is 518 g/mol. The van der Waals surface area contributed by atoms with Crippen molar-refractivity contribution in [2.45, 2.75) is 19.4 Å². The summed E-state index contributed by atoms with van der Waals surface area (Å²) in [7, 11) is 1.48. The highest BCUT2D eigenvalue weighted by atomic mass is 79.9. The maximum Gasteiger partial charge on any atom is 0.267 e. The summed E-state index contributed by atoms with van der Waals surface area (Å²) >= 11 is 9.47. The molecule has 3 rings (SSSR count). The third-order valence-electron chi connectivity index (χ3n) is 4.56. The van der Waals surface area contributed by atoms with Crippen LogP contribution < -0.4 is 20.1 Å². The Morgan fingerprint density at radius 2 is 1.66 bits per heavy atom. The van der Waals surface area contributed by atoms with Gasteiger partial charge in [-0.05, 0) is 62.4 Å². The van der Waals surface area contributed by atoms with E-state index in [9.17, 15) is 9.59 Å². The van der Waals surface area contributed by atoms with Gasteiger partial charge in [0.05, 0.1) is 23.4 Å². The molecule has 0 atom stereocenters. The molecule has 3 aromatic carbocycles. The van der Waals surface area contributed by atoms with Crippen molar-refractivity contribution in [2.75, 3.05) is 17.7 Å². The van der Waals surface area contributed by atoms with Gasteiger partial charge in [-0.1, -0.05) is 39.7 Å². The average Bonchev–Trinajstić information content (AvgIpc) is 2.76. The standard InChI is InChI=1S/C24H22BrClN2O4/c1-24(2,32-17-11-8-15(25)9-12-17)23(30)27-16-10-13-20(21(14-16)31-3)28-22(29)18-6-4-5-7-19(18)26/h4-14H,1-3H3,(H,27,30)(H,28,29). The first-order valence-corrected chi connectivity index (χ1v) is 10.9. The van der Waals surface area contributed by atoms with Crippen molar-refractivity contribution in [1.29, 1.82) is 0 Å². The Morgan fingerprint density at radius 1 is 0.969 bits per heavy atom. The first-order valence-electron chi connectivity index (χ1n) is 9.69. The predicted molar refractivity (Wildman–Crippen MR) is 130 cm³/mol. The van der Waals surface area contributed by atoms with Crippen LogP contribution >= 0.6 is 27.5 Å². The van der Waals surface area contributed by atoms with Crippen LogP contribution in [0.2, 0.25) is 5.02 Å². The van der Waals surface area contributed by atoms with E-state index in [-0.39, 0.29) is 11.8 Å². The van der Waals surface area contributed by atoms with E-state index in [0.717, 1.165) is 4.47 Å². The zero-order valence-corrected chi connectivity index (χ0v) is 20.1. The molecule has 0 aliphatic rings. The third-order valence-corrected chi connectivity index (χ3v) is 5.42. The van der Waals surface area contributed by atoms with Gasteiger partial charge in [-0.2, -0.15) is 0 Å². The molecule has 32 heavy (non-hydrogen) atoms. The number of rotatable bonds is 7. The summed E-state index contributed by atoms with van der Waals surface area (Å²) in [6.07, 6.45) is 0. The molecule has 166 valence electrons. The van der Waals surface area contributed by atoms with Gasteiger partial charge >= 0.3 is 0 Å². The second-order valence-corrected chi connectivity index (χ2v) is 8.69. The molecule has 0 radical (unpaired) electrons. The molecule has 0 unspecified atom stereocenters. The summed E-state index contributed by atoms with van der Waals surface area (Å²) in [5, 5.41) is 5.95. The monoisotopic (exact) mass is 516 g/mol. The molecule has 0 bridgehead atoms. The largest absolute Gasteiger partial charge is 0.494 e. The van der Waals surface area contributed by atoms with Gasteiger partial charge in [0.25, 0.3) is 11.8 Å². The zero-order valence-electron chi connectivity index (χ0n) is 17.7. The van der Waals surface area contributed by atoms with Crippen LogP contribution in [0.3, 0.4) is 0 Å². The lowest BCUT2D eigenvalue weighted by atomic mass is 10.1. The second-order valence-electron chi connectivity index (χ2n) is 7.37. The number of methoxy groups -OCH3 is 1. The van der Waals surface area contributed by atoms with E-state index in [1.54, 1.807) is 68.4 Å². The molecule has 0 aliphatic carbocycles. The van der Waals surface area contributed by atoms with Crippen LogP contribution in [0.15, 0.2) is 71.2 Å². The van der Waals surface area contributed by atoms with Crippen LogP contribution in [-0.4, -0.2) is 24.5 Å². The fourth-order valence-corrected chi connectivity index (χ4v) is 3.32. The Balaban J connectivity index is 1.72. The first-order chi connectivity index (χ1) is 15.2. The lowest BCUT2D eigenvalue weighted by Crippen LogP contribution is -2.42. The third kappa shape index (κ3) is 5.81. The van der Waals surface area contributed by atoms with E-state index < -0.39 is 5.60 Å². The predicted octanol–water partition coefficient (Wildman–Crippen LogP) is 6.16. The fraction of sp³-hybridized carbons (Fsp3) is 0.167. The molecule has 6 nitrogen and oxygen atoms in total.